The summed E-state index contributed by atoms with van der Waals surface area (Å²) in [5, 5.41) is 9.79. The average molecular weight is 462 g/mol. The van der Waals surface area contributed by atoms with Crippen LogP contribution in [0.15, 0.2) is 66.0 Å². The maximum Gasteiger partial charge on any atom is 0.217 e. The minimum Gasteiger partial charge on any atom is -0.370 e. The summed E-state index contributed by atoms with van der Waals surface area (Å²) < 4.78 is 2.01. The molecule has 0 fully saturated rings. The van der Waals surface area contributed by atoms with Crippen molar-refractivity contribution >= 4 is 34.4 Å². The van der Waals surface area contributed by atoms with E-state index >= 15 is 0 Å². The van der Waals surface area contributed by atoms with Gasteiger partial charge < -0.3 is 15.3 Å². The Kier molecular flexibility index (Phi) is 6.93. The Hall–Kier alpha value is -3.39. The molecule has 0 bridgehead atoms. The quantitative estimate of drug-likeness (QED) is 0.266. The number of carbonyl (C=O) groups is 2. The number of aromatic nitrogens is 4. The number of nitrogens with zero attached hydrogens (tertiary/aromatic N) is 3. The molecule has 0 saturated carbocycles. The highest BCUT2D eigenvalue weighted by molar-refractivity contribution is 8.00. The number of fused-ring (bicyclic) bond motifs is 1. The number of thioether (sulfide) groups is 1. The van der Waals surface area contributed by atoms with Crippen LogP contribution in [0.3, 0.4) is 0 Å². The molecule has 4 aromatic rings. The molecule has 0 saturated heterocycles. The number of nitrogens with two attached hydrogens (primary N) is 1. The Morgan fingerprint density at radius 2 is 1.79 bits per heavy atom. The summed E-state index contributed by atoms with van der Waals surface area (Å²) in [7, 11) is 0. The van der Waals surface area contributed by atoms with E-state index in [1.807, 2.05) is 59.2 Å². The van der Waals surface area contributed by atoms with Gasteiger partial charge in [0.1, 0.15) is 11.1 Å². The summed E-state index contributed by atoms with van der Waals surface area (Å²) in [5.41, 5.74) is 7.82. The summed E-state index contributed by atoms with van der Waals surface area (Å²) in [6.45, 7) is 4.91. The number of benzene rings is 2. The van der Waals surface area contributed by atoms with Gasteiger partial charge in [-0.1, -0.05) is 74.1 Å². The molecule has 1 amide bonds. The Morgan fingerprint density at radius 3 is 2.52 bits per heavy atom. The summed E-state index contributed by atoms with van der Waals surface area (Å²) in [5.74, 6) is 0.671. The third kappa shape index (κ3) is 5.17. The maximum atomic E-state index is 13.8. The Bertz CT molecular complexity index is 1260. The molecule has 7 nitrogen and oxygen atoms in total. The van der Waals surface area contributed by atoms with E-state index in [0.29, 0.717) is 35.4 Å². The van der Waals surface area contributed by atoms with Crippen LogP contribution in [0, 0.1) is 5.92 Å². The number of hydrogen-bond donors (Lipinski definition) is 2. The number of hydrogen-bond acceptors (Lipinski definition) is 5. The molecule has 2 aromatic carbocycles. The van der Waals surface area contributed by atoms with Crippen molar-refractivity contribution in [3.8, 4) is 0 Å². The van der Waals surface area contributed by atoms with E-state index in [0.717, 1.165) is 16.5 Å². The van der Waals surface area contributed by atoms with E-state index in [9.17, 15) is 9.59 Å². The SMILES string of the molecule is CC(C)Cn1c(CCC(N)=O)nnc1SC(C(=O)c1c[nH]c2ccccc12)c1ccccc1. The smallest absolute Gasteiger partial charge is 0.217 e. The number of aryl methyl sites for hydroxylation is 1. The molecule has 3 N–H and O–H groups in total. The summed E-state index contributed by atoms with van der Waals surface area (Å²) in [6.07, 6.45) is 2.40. The molecule has 1 unspecified atom stereocenters. The number of ketones is 1. The largest absolute Gasteiger partial charge is 0.370 e. The topological polar surface area (TPSA) is 107 Å². The molecule has 170 valence electrons. The number of H-pyrrole nitrogens is 1. The second-order valence-electron chi connectivity index (χ2n) is 8.39. The first kappa shape index (κ1) is 22.8. The third-order valence-electron chi connectivity index (χ3n) is 5.35. The van der Waals surface area contributed by atoms with Gasteiger partial charge in [-0.25, -0.2) is 0 Å². The second-order valence-corrected chi connectivity index (χ2v) is 9.46. The minimum absolute atomic E-state index is 0.00133. The molecular weight excluding hydrogens is 434 g/mol. The first-order valence-electron chi connectivity index (χ1n) is 11.0. The number of para-hydroxylation sites is 1. The fraction of sp³-hybridized carbons (Fsp3) is 0.280. The number of carbonyl (C=O) groups excluding carboxylic acids is 2. The minimum atomic E-state index is -0.496. The lowest BCUT2D eigenvalue weighted by Crippen LogP contribution is -2.16. The van der Waals surface area contributed by atoms with Crippen molar-refractivity contribution in [1.29, 1.82) is 0 Å². The zero-order valence-electron chi connectivity index (χ0n) is 18.7. The zero-order chi connectivity index (χ0) is 23.4. The van der Waals surface area contributed by atoms with E-state index < -0.39 is 5.25 Å². The molecule has 0 aliphatic heterocycles. The van der Waals surface area contributed by atoms with Gasteiger partial charge >= 0.3 is 0 Å². The van der Waals surface area contributed by atoms with Gasteiger partial charge in [0.25, 0.3) is 0 Å². The van der Waals surface area contributed by atoms with Crippen LogP contribution in [0.2, 0.25) is 0 Å². The van der Waals surface area contributed by atoms with Gasteiger partial charge in [0, 0.05) is 42.0 Å². The summed E-state index contributed by atoms with van der Waals surface area (Å²) in [6, 6.07) is 17.5. The molecular formula is C25H27N5O2S. The molecule has 2 heterocycles. The molecule has 2 aromatic heterocycles. The number of aromatic amines is 1. The van der Waals surface area contributed by atoms with E-state index in [2.05, 4.69) is 29.0 Å². The van der Waals surface area contributed by atoms with E-state index in [4.69, 9.17) is 5.73 Å². The second kappa shape index (κ2) is 10.0. The molecule has 4 rings (SSSR count). The fourth-order valence-corrected chi connectivity index (χ4v) is 4.93. The van der Waals surface area contributed by atoms with Gasteiger partial charge in [0.05, 0.1) is 0 Å². The lowest BCUT2D eigenvalue weighted by atomic mass is 10.0. The molecule has 0 aliphatic rings. The molecule has 0 spiro atoms. The van der Waals surface area contributed by atoms with Crippen LogP contribution in [0.4, 0.5) is 0 Å². The third-order valence-corrected chi connectivity index (χ3v) is 6.59. The Balaban J connectivity index is 1.72. The van der Waals surface area contributed by atoms with Gasteiger partial charge in [-0.05, 0) is 17.5 Å². The van der Waals surface area contributed by atoms with Crippen LogP contribution >= 0.6 is 11.8 Å². The lowest BCUT2D eigenvalue weighted by molar-refractivity contribution is -0.118. The van der Waals surface area contributed by atoms with Crippen molar-refractivity contribution in [2.24, 2.45) is 11.7 Å². The predicted octanol–water partition coefficient (Wildman–Crippen LogP) is 4.55. The first-order chi connectivity index (χ1) is 15.9. The zero-order valence-corrected chi connectivity index (χ0v) is 19.5. The van der Waals surface area contributed by atoms with E-state index in [1.54, 1.807) is 6.20 Å². The van der Waals surface area contributed by atoms with Crippen molar-refractivity contribution < 1.29 is 9.59 Å². The highest BCUT2D eigenvalue weighted by atomic mass is 32.2. The average Bonchev–Trinajstić information content (AvgIpc) is 3.40. The van der Waals surface area contributed by atoms with Crippen LogP contribution in [0.25, 0.3) is 10.9 Å². The van der Waals surface area contributed by atoms with Crippen molar-refractivity contribution in [2.75, 3.05) is 0 Å². The van der Waals surface area contributed by atoms with Crippen LogP contribution in [-0.4, -0.2) is 31.4 Å². The molecule has 8 heteroatoms. The van der Waals surface area contributed by atoms with Gasteiger partial charge in [0.15, 0.2) is 10.9 Å². The van der Waals surface area contributed by atoms with Crippen LogP contribution in [0.5, 0.6) is 0 Å². The van der Waals surface area contributed by atoms with Crippen LogP contribution in [-0.2, 0) is 17.8 Å². The van der Waals surface area contributed by atoms with Gasteiger partial charge in [-0.3, -0.25) is 9.59 Å². The highest BCUT2D eigenvalue weighted by Crippen LogP contribution is 2.38. The monoisotopic (exact) mass is 461 g/mol. The molecule has 0 radical (unpaired) electrons. The Labute approximate surface area is 196 Å². The van der Waals surface area contributed by atoms with Crippen molar-refractivity contribution in [3.05, 3.63) is 77.7 Å². The number of primary amides is 1. The van der Waals surface area contributed by atoms with Gasteiger partial charge in [-0.2, -0.15) is 0 Å². The van der Waals surface area contributed by atoms with Crippen molar-refractivity contribution in [3.63, 3.8) is 0 Å². The predicted molar refractivity (Wildman–Crippen MR) is 130 cm³/mol. The molecule has 0 aliphatic carbocycles. The van der Waals surface area contributed by atoms with Crippen molar-refractivity contribution in [2.45, 2.75) is 43.6 Å². The first-order valence-corrected chi connectivity index (χ1v) is 11.8. The highest BCUT2D eigenvalue weighted by Gasteiger charge is 2.28. The lowest BCUT2D eigenvalue weighted by Gasteiger charge is -2.17. The number of amides is 1. The number of Topliss-reactive ketones (excluding diaryl/α,β-unsaturated/α-hetero) is 1. The fourth-order valence-electron chi connectivity index (χ4n) is 3.80. The van der Waals surface area contributed by atoms with Crippen molar-refractivity contribution in [1.82, 2.24) is 19.7 Å². The summed E-state index contributed by atoms with van der Waals surface area (Å²) >= 11 is 1.39. The molecule has 33 heavy (non-hydrogen) atoms. The molecule has 1 atom stereocenters. The number of nitrogens with one attached hydrogen (secondary N) is 1. The normalized spacial score (nSPS) is 12.3. The van der Waals surface area contributed by atoms with Crippen LogP contribution in [0.1, 0.15) is 47.3 Å². The Morgan fingerprint density at radius 1 is 1.06 bits per heavy atom. The van der Waals surface area contributed by atoms with Gasteiger partial charge in [0.2, 0.25) is 5.91 Å². The standard InChI is InChI=1S/C25H27N5O2S/c1-16(2)15-30-22(13-12-21(26)31)28-29-25(30)33-24(17-8-4-3-5-9-17)23(32)19-14-27-20-11-7-6-10-18(19)20/h3-11,14,16,24,27H,12-13,15H2,1-2H3,(H2,26,31). The maximum absolute atomic E-state index is 13.8. The van der Waals surface area contributed by atoms with Crippen LogP contribution < -0.4 is 5.73 Å². The summed E-state index contributed by atoms with van der Waals surface area (Å²) in [4.78, 5) is 28.3. The van der Waals surface area contributed by atoms with E-state index in [-0.39, 0.29) is 18.1 Å². The van der Waals surface area contributed by atoms with E-state index in [1.165, 1.54) is 11.8 Å². The number of rotatable bonds is 10. The van der Waals surface area contributed by atoms with Gasteiger partial charge in [-0.15, -0.1) is 10.2 Å².